The van der Waals surface area contributed by atoms with Crippen molar-refractivity contribution in [2.75, 3.05) is 6.61 Å². The van der Waals surface area contributed by atoms with Crippen LogP contribution in [0.25, 0.3) is 0 Å². The highest BCUT2D eigenvalue weighted by Crippen LogP contribution is 2.33. The van der Waals surface area contributed by atoms with E-state index >= 15 is 0 Å². The summed E-state index contributed by atoms with van der Waals surface area (Å²) in [6, 6.07) is 10.2. The highest BCUT2D eigenvalue weighted by molar-refractivity contribution is 6.42. The van der Waals surface area contributed by atoms with E-state index in [1.165, 1.54) is 6.21 Å². The van der Waals surface area contributed by atoms with Gasteiger partial charge in [0.05, 0.1) is 38.6 Å². The Morgan fingerprint density at radius 3 is 2.34 bits per heavy atom. The third-order valence-electron chi connectivity index (χ3n) is 4.68. The van der Waals surface area contributed by atoms with Crippen LogP contribution in [0.4, 0.5) is 0 Å². The first kappa shape index (κ1) is 26.3. The predicted octanol–water partition coefficient (Wildman–Crippen LogP) is 6.88. The van der Waals surface area contributed by atoms with Gasteiger partial charge in [0.25, 0.3) is 0 Å². The maximum atomic E-state index is 12.0. The van der Waals surface area contributed by atoms with Crippen molar-refractivity contribution in [1.29, 1.82) is 0 Å². The highest BCUT2D eigenvalue weighted by atomic mass is 35.5. The summed E-state index contributed by atoms with van der Waals surface area (Å²) in [5, 5.41) is 17.0. The molecule has 0 fully saturated rings. The molecule has 0 bridgehead atoms. The molecule has 0 saturated carbocycles. The Hall–Kier alpha value is -1.99. The number of benzene rings is 2. The summed E-state index contributed by atoms with van der Waals surface area (Å²) in [6.07, 6.45) is 1.44. The standard InChI is InChI=1S/C15H17Cl2NO3.C7H5Cl2NO/c1-4-20-14(19)15(2,3)13-8-12(18-21-13)9-5-6-10(16)11(17)7-9;8-6-2-1-5(4-10-11)3-7(6)9/h5-7,13H,4,8H2,1-3H3;1-4,11H/b;10-4+. The zero-order chi connectivity index (χ0) is 23.9. The van der Waals surface area contributed by atoms with E-state index in [0.717, 1.165) is 11.3 Å². The van der Waals surface area contributed by atoms with Crippen LogP contribution in [-0.4, -0.2) is 35.8 Å². The van der Waals surface area contributed by atoms with Crippen molar-refractivity contribution in [2.24, 2.45) is 15.7 Å². The summed E-state index contributed by atoms with van der Waals surface area (Å²) in [6.45, 7) is 5.71. The Kier molecular flexibility index (Phi) is 9.64. The van der Waals surface area contributed by atoms with Gasteiger partial charge in [-0.25, -0.2) is 0 Å². The summed E-state index contributed by atoms with van der Waals surface area (Å²) >= 11 is 23.2. The van der Waals surface area contributed by atoms with Gasteiger partial charge >= 0.3 is 5.97 Å². The van der Waals surface area contributed by atoms with Crippen molar-refractivity contribution < 1.29 is 19.6 Å². The Morgan fingerprint density at radius 2 is 1.78 bits per heavy atom. The van der Waals surface area contributed by atoms with E-state index in [1.807, 2.05) is 6.07 Å². The molecule has 0 aliphatic carbocycles. The van der Waals surface area contributed by atoms with Gasteiger partial charge in [0.2, 0.25) is 0 Å². The Balaban J connectivity index is 0.000000278. The summed E-state index contributed by atoms with van der Waals surface area (Å²) in [7, 11) is 0. The van der Waals surface area contributed by atoms with E-state index < -0.39 is 5.41 Å². The predicted molar refractivity (Wildman–Crippen MR) is 129 cm³/mol. The number of esters is 1. The average Bonchev–Trinajstić information content (AvgIpc) is 3.25. The van der Waals surface area contributed by atoms with E-state index in [9.17, 15) is 4.79 Å². The highest BCUT2D eigenvalue weighted by Gasteiger charge is 2.43. The van der Waals surface area contributed by atoms with Gasteiger partial charge in [0.15, 0.2) is 0 Å². The van der Waals surface area contributed by atoms with E-state index in [4.69, 9.17) is 61.2 Å². The second kappa shape index (κ2) is 11.8. The molecule has 0 amide bonds. The molecule has 1 atom stereocenters. The minimum atomic E-state index is -0.766. The molecule has 6 nitrogen and oxygen atoms in total. The normalized spacial score (nSPS) is 15.6. The van der Waals surface area contributed by atoms with E-state index in [1.54, 1.807) is 51.1 Å². The molecule has 0 radical (unpaired) electrons. The average molecular weight is 520 g/mol. The third kappa shape index (κ3) is 6.75. The number of hydrogen-bond acceptors (Lipinski definition) is 6. The van der Waals surface area contributed by atoms with Crippen LogP contribution >= 0.6 is 46.4 Å². The fourth-order valence-electron chi connectivity index (χ4n) is 2.72. The van der Waals surface area contributed by atoms with Crippen LogP contribution in [0.1, 0.15) is 38.3 Å². The molecule has 1 heterocycles. The van der Waals surface area contributed by atoms with Gasteiger partial charge in [-0.15, -0.1) is 0 Å². The van der Waals surface area contributed by atoms with E-state index in [0.29, 0.717) is 38.7 Å². The largest absolute Gasteiger partial charge is 0.465 e. The molecule has 1 aliphatic rings. The van der Waals surface area contributed by atoms with Crippen LogP contribution in [0.5, 0.6) is 0 Å². The maximum Gasteiger partial charge on any atom is 0.315 e. The Labute approximate surface area is 206 Å². The molecule has 0 aromatic heterocycles. The molecule has 1 N–H and O–H groups in total. The minimum absolute atomic E-state index is 0.291. The van der Waals surface area contributed by atoms with Crippen molar-refractivity contribution in [2.45, 2.75) is 33.3 Å². The lowest BCUT2D eigenvalue weighted by Gasteiger charge is -2.26. The first-order valence-corrected chi connectivity index (χ1v) is 11.1. The smallest absolute Gasteiger partial charge is 0.315 e. The summed E-state index contributed by atoms with van der Waals surface area (Å²) < 4.78 is 5.09. The van der Waals surface area contributed by atoms with E-state index in [2.05, 4.69) is 10.3 Å². The second-order valence-corrected chi connectivity index (χ2v) is 8.95. The second-order valence-electron chi connectivity index (χ2n) is 7.33. The number of oxime groups is 2. The molecule has 0 spiro atoms. The van der Waals surface area contributed by atoms with Crippen LogP contribution in [0.3, 0.4) is 0 Å². The zero-order valence-corrected chi connectivity index (χ0v) is 20.6. The lowest BCUT2D eigenvalue weighted by Crippen LogP contribution is -2.38. The third-order valence-corrected chi connectivity index (χ3v) is 6.16. The molecule has 2 aromatic rings. The number of nitrogens with zero attached hydrogens (tertiary/aromatic N) is 2. The number of carbonyl (C=O) groups is 1. The number of hydrogen-bond donors (Lipinski definition) is 1. The van der Waals surface area contributed by atoms with Crippen LogP contribution in [0.15, 0.2) is 46.7 Å². The topological polar surface area (TPSA) is 80.5 Å². The van der Waals surface area contributed by atoms with Crippen LogP contribution in [0.2, 0.25) is 20.1 Å². The quantitative estimate of drug-likeness (QED) is 0.202. The van der Waals surface area contributed by atoms with Crippen molar-refractivity contribution in [1.82, 2.24) is 0 Å². The molecule has 10 heteroatoms. The first-order chi connectivity index (χ1) is 15.1. The summed E-state index contributed by atoms with van der Waals surface area (Å²) in [5.41, 5.74) is 1.53. The van der Waals surface area contributed by atoms with Crippen LogP contribution < -0.4 is 0 Å². The Morgan fingerprint density at radius 1 is 1.16 bits per heavy atom. The number of ether oxygens (including phenoxy) is 1. The van der Waals surface area contributed by atoms with Gasteiger partial charge in [-0.05, 0) is 50.6 Å². The summed E-state index contributed by atoms with van der Waals surface area (Å²) in [5.74, 6) is -0.291. The molecule has 3 rings (SSSR count). The fourth-order valence-corrected chi connectivity index (χ4v) is 3.32. The fraction of sp³-hybridized carbons (Fsp3) is 0.318. The van der Waals surface area contributed by atoms with Crippen molar-refractivity contribution in [3.8, 4) is 0 Å². The first-order valence-electron chi connectivity index (χ1n) is 9.58. The monoisotopic (exact) mass is 518 g/mol. The SMILES string of the molecule is CCOC(=O)C(C)(C)C1CC(c2ccc(Cl)c(Cl)c2)=NO1.O/N=C/c1ccc(Cl)c(Cl)c1. The molecule has 32 heavy (non-hydrogen) atoms. The number of halogens is 4. The maximum absolute atomic E-state index is 12.0. The molecule has 1 aliphatic heterocycles. The summed E-state index contributed by atoms with van der Waals surface area (Å²) in [4.78, 5) is 17.4. The van der Waals surface area contributed by atoms with Crippen LogP contribution in [-0.2, 0) is 14.4 Å². The van der Waals surface area contributed by atoms with Gasteiger partial charge in [-0.3, -0.25) is 4.79 Å². The molecule has 172 valence electrons. The van der Waals surface area contributed by atoms with Crippen molar-refractivity contribution in [3.05, 3.63) is 67.6 Å². The molecule has 2 aromatic carbocycles. The van der Waals surface area contributed by atoms with Gasteiger partial charge < -0.3 is 14.8 Å². The number of rotatable bonds is 5. The number of carbonyl (C=O) groups excluding carboxylic acids is 1. The van der Waals surface area contributed by atoms with Gasteiger partial charge in [0.1, 0.15) is 11.5 Å². The lowest BCUT2D eigenvalue weighted by atomic mass is 9.83. The Bertz CT molecular complexity index is 1020. The van der Waals surface area contributed by atoms with Crippen molar-refractivity contribution in [3.63, 3.8) is 0 Å². The molecule has 1 unspecified atom stereocenters. The van der Waals surface area contributed by atoms with Gasteiger partial charge in [0, 0.05) is 12.0 Å². The molecular weight excluding hydrogens is 498 g/mol. The van der Waals surface area contributed by atoms with Crippen molar-refractivity contribution >= 4 is 64.3 Å². The zero-order valence-electron chi connectivity index (χ0n) is 17.6. The van der Waals surface area contributed by atoms with E-state index in [-0.39, 0.29) is 12.1 Å². The minimum Gasteiger partial charge on any atom is -0.465 e. The van der Waals surface area contributed by atoms with Crippen LogP contribution in [0, 0.1) is 5.41 Å². The lowest BCUT2D eigenvalue weighted by molar-refractivity contribution is -0.161. The van der Waals surface area contributed by atoms with Gasteiger partial charge in [-0.2, -0.15) is 0 Å². The molecular formula is C22H22Cl4N2O4. The molecule has 0 saturated heterocycles. The van der Waals surface area contributed by atoms with Gasteiger partial charge in [-0.1, -0.05) is 68.8 Å².